The second-order valence-corrected chi connectivity index (χ2v) is 7.53. The predicted octanol–water partition coefficient (Wildman–Crippen LogP) is 4.90. The summed E-state index contributed by atoms with van der Waals surface area (Å²) >= 11 is 0. The Bertz CT molecular complexity index is 1050. The molecular weight excluding hydrogens is 419 g/mol. The number of nitrogens with one attached hydrogen (secondary N) is 1. The molecule has 0 saturated carbocycles. The molecule has 1 aliphatic rings. The number of halogens is 1. The van der Waals surface area contributed by atoms with Gasteiger partial charge in [-0.15, -0.1) is 0 Å². The highest BCUT2D eigenvalue weighted by molar-refractivity contribution is 5.87. The summed E-state index contributed by atoms with van der Waals surface area (Å²) in [5, 5.41) is 2.84. The molecule has 2 aromatic carbocycles. The van der Waals surface area contributed by atoms with Crippen molar-refractivity contribution in [2.45, 2.75) is 18.9 Å². The Morgan fingerprint density at radius 2 is 1.76 bits per heavy atom. The number of para-hydroxylation sites is 1. The number of carbonyl (C=O) groups excluding carboxylic acids is 1. The van der Waals surface area contributed by atoms with Crippen LogP contribution >= 0.6 is 0 Å². The van der Waals surface area contributed by atoms with Crippen LogP contribution in [0.3, 0.4) is 0 Å². The first-order valence-electron chi connectivity index (χ1n) is 10.8. The fraction of sp³-hybridized carbons (Fsp3) is 0.231. The lowest BCUT2D eigenvalue weighted by molar-refractivity contribution is -0.124. The van der Waals surface area contributed by atoms with Gasteiger partial charge >= 0.3 is 0 Å². The van der Waals surface area contributed by atoms with Crippen molar-refractivity contribution in [2.24, 2.45) is 5.73 Å². The average Bonchev–Trinajstić information content (AvgIpc) is 3.40. The number of carbonyl (C=O) groups is 1. The van der Waals surface area contributed by atoms with Gasteiger partial charge in [0.15, 0.2) is 5.82 Å². The summed E-state index contributed by atoms with van der Waals surface area (Å²) in [5.41, 5.74) is 8.09. The van der Waals surface area contributed by atoms with Crippen LogP contribution in [0.1, 0.15) is 30.0 Å². The highest BCUT2D eigenvalue weighted by Crippen LogP contribution is 2.29. The van der Waals surface area contributed by atoms with Crippen LogP contribution in [-0.4, -0.2) is 35.9 Å². The molecule has 1 atom stereocenters. The van der Waals surface area contributed by atoms with Gasteiger partial charge in [-0.3, -0.25) is 9.78 Å². The van der Waals surface area contributed by atoms with Gasteiger partial charge in [-0.25, -0.2) is 4.39 Å². The molecule has 2 heterocycles. The molecule has 0 radical (unpaired) electrons. The van der Waals surface area contributed by atoms with Gasteiger partial charge in [0.1, 0.15) is 11.5 Å². The third-order valence-corrected chi connectivity index (χ3v) is 5.32. The maximum atomic E-state index is 13.8. The number of ether oxygens (including phenoxy) is 1. The van der Waals surface area contributed by atoms with E-state index in [9.17, 15) is 9.18 Å². The van der Waals surface area contributed by atoms with Gasteiger partial charge in [-0.05, 0) is 48.7 Å². The zero-order valence-electron chi connectivity index (χ0n) is 18.7. The quantitative estimate of drug-likeness (QED) is 0.525. The normalized spacial score (nSPS) is 13.5. The zero-order valence-corrected chi connectivity index (χ0v) is 18.7. The molecular formula is C26H29FN4O2. The molecule has 33 heavy (non-hydrogen) atoms. The molecule has 0 bridgehead atoms. The Balaban J connectivity index is 0.000000286. The topological polar surface area (TPSA) is 80.5 Å². The number of nitrogens with zero attached hydrogens (tertiary/aromatic N) is 2. The molecule has 172 valence electrons. The van der Waals surface area contributed by atoms with Crippen LogP contribution < -0.4 is 15.8 Å². The van der Waals surface area contributed by atoms with Crippen molar-refractivity contribution in [2.75, 3.05) is 25.5 Å². The molecule has 6 nitrogen and oxygen atoms in total. The first-order valence-corrected chi connectivity index (χ1v) is 10.8. The van der Waals surface area contributed by atoms with Gasteiger partial charge < -0.3 is 20.7 Å². The van der Waals surface area contributed by atoms with Crippen molar-refractivity contribution in [3.63, 3.8) is 0 Å². The van der Waals surface area contributed by atoms with E-state index in [1.54, 1.807) is 13.2 Å². The van der Waals surface area contributed by atoms with Crippen molar-refractivity contribution in [1.29, 1.82) is 0 Å². The van der Waals surface area contributed by atoms with Crippen LogP contribution in [0, 0.1) is 5.82 Å². The van der Waals surface area contributed by atoms with Crippen molar-refractivity contribution in [3.05, 3.63) is 96.6 Å². The summed E-state index contributed by atoms with van der Waals surface area (Å²) in [6.07, 6.45) is 6.43. The van der Waals surface area contributed by atoms with E-state index < -0.39 is 11.9 Å². The molecule has 1 unspecified atom stereocenters. The molecule has 4 rings (SSSR count). The van der Waals surface area contributed by atoms with Crippen LogP contribution in [0.15, 0.2) is 79.6 Å². The molecule has 7 heteroatoms. The molecule has 0 aliphatic carbocycles. The Hall–Kier alpha value is -3.71. The number of anilines is 1. The number of hydrogen-bond acceptors (Lipinski definition) is 5. The smallest absolute Gasteiger partial charge is 0.245 e. The number of likely N-dealkylation sites (tertiary alicyclic amines) is 1. The molecule has 3 N–H and O–H groups in total. The van der Waals surface area contributed by atoms with Crippen LogP contribution in [0.5, 0.6) is 11.5 Å². The first-order chi connectivity index (χ1) is 16.0. The largest absolute Gasteiger partial charge is 0.457 e. The molecule has 1 saturated heterocycles. The second kappa shape index (κ2) is 11.8. The van der Waals surface area contributed by atoms with Crippen LogP contribution in [0.4, 0.5) is 10.1 Å². The van der Waals surface area contributed by atoms with Gasteiger partial charge in [-0.2, -0.15) is 0 Å². The molecule has 1 aliphatic heterocycles. The number of hydrogen-bond donors (Lipinski definition) is 2. The standard InChI is InChI=1S/C19H18FN3O.C7H11NO/c1-22-19-16(11-23-12-17(19)20)18(21)13-7-9-15(10-8-13)24-14-5-3-2-4-6-14;1-2-7(9)8-5-3-4-6-8/h2-12,18H,21H2,1H3,(H,22,23);2H,1,3-6H2. The van der Waals surface area contributed by atoms with Crippen LogP contribution in [0.2, 0.25) is 0 Å². The third kappa shape index (κ3) is 6.40. The minimum absolute atomic E-state index is 0.0764. The highest BCUT2D eigenvalue weighted by Gasteiger charge is 2.16. The summed E-state index contributed by atoms with van der Waals surface area (Å²) in [7, 11) is 1.66. The van der Waals surface area contributed by atoms with E-state index in [4.69, 9.17) is 10.5 Å². The van der Waals surface area contributed by atoms with E-state index in [-0.39, 0.29) is 5.91 Å². The summed E-state index contributed by atoms with van der Waals surface area (Å²) < 4.78 is 19.6. The fourth-order valence-corrected chi connectivity index (χ4v) is 3.56. The number of nitrogens with two attached hydrogens (primary N) is 1. The van der Waals surface area contributed by atoms with Gasteiger partial charge in [0.05, 0.1) is 17.9 Å². The highest BCUT2D eigenvalue weighted by atomic mass is 19.1. The first kappa shape index (κ1) is 23.9. The van der Waals surface area contributed by atoms with Crippen molar-refractivity contribution < 1.29 is 13.9 Å². The van der Waals surface area contributed by atoms with Crippen molar-refractivity contribution in [1.82, 2.24) is 9.88 Å². The third-order valence-electron chi connectivity index (χ3n) is 5.32. The van der Waals surface area contributed by atoms with Crippen molar-refractivity contribution in [3.8, 4) is 11.5 Å². The van der Waals surface area contributed by atoms with E-state index >= 15 is 0 Å². The summed E-state index contributed by atoms with van der Waals surface area (Å²) in [6.45, 7) is 5.26. The van der Waals surface area contributed by atoms with E-state index in [1.165, 1.54) is 12.3 Å². The molecule has 3 aromatic rings. The number of rotatable bonds is 6. The molecule has 1 fully saturated rings. The number of aromatic nitrogens is 1. The van der Waals surface area contributed by atoms with E-state index in [1.807, 2.05) is 59.5 Å². The maximum absolute atomic E-state index is 13.8. The monoisotopic (exact) mass is 448 g/mol. The van der Waals surface area contributed by atoms with Crippen LogP contribution in [0.25, 0.3) is 0 Å². The Morgan fingerprint density at radius 3 is 2.36 bits per heavy atom. The molecule has 0 spiro atoms. The van der Waals surface area contributed by atoms with E-state index in [0.717, 1.165) is 37.2 Å². The Kier molecular flexibility index (Phi) is 8.55. The second-order valence-electron chi connectivity index (χ2n) is 7.53. The summed E-state index contributed by atoms with van der Waals surface area (Å²) in [4.78, 5) is 16.5. The number of benzene rings is 2. The SMILES string of the molecule is C=CC(=O)N1CCCC1.CNc1c(F)cncc1C(N)c1ccc(Oc2ccccc2)cc1. The van der Waals surface area contributed by atoms with E-state index in [2.05, 4.69) is 16.9 Å². The fourth-order valence-electron chi connectivity index (χ4n) is 3.56. The van der Waals surface area contributed by atoms with Gasteiger partial charge in [0.25, 0.3) is 0 Å². The molecule has 1 amide bonds. The Labute approximate surface area is 193 Å². The summed E-state index contributed by atoms with van der Waals surface area (Å²) in [6, 6.07) is 16.5. The van der Waals surface area contributed by atoms with Gasteiger partial charge in [0.2, 0.25) is 5.91 Å². The zero-order chi connectivity index (χ0) is 23.6. The minimum Gasteiger partial charge on any atom is -0.457 e. The predicted molar refractivity (Wildman–Crippen MR) is 129 cm³/mol. The number of amides is 1. The summed E-state index contributed by atoms with van der Waals surface area (Å²) in [5.74, 6) is 1.13. The minimum atomic E-state index is -0.485. The Morgan fingerprint density at radius 1 is 1.12 bits per heavy atom. The van der Waals surface area contributed by atoms with Gasteiger partial charge in [-0.1, -0.05) is 36.9 Å². The van der Waals surface area contributed by atoms with Crippen LogP contribution in [-0.2, 0) is 4.79 Å². The van der Waals surface area contributed by atoms with E-state index in [0.29, 0.717) is 17.0 Å². The maximum Gasteiger partial charge on any atom is 0.245 e. The lowest BCUT2D eigenvalue weighted by Crippen LogP contribution is -2.25. The van der Waals surface area contributed by atoms with Gasteiger partial charge in [0, 0.05) is 31.9 Å². The molecule has 1 aromatic heterocycles. The lowest BCUT2D eigenvalue weighted by Gasteiger charge is -2.17. The average molecular weight is 449 g/mol. The lowest BCUT2D eigenvalue weighted by atomic mass is 9.99. The number of pyridine rings is 1. The van der Waals surface area contributed by atoms with Crippen molar-refractivity contribution >= 4 is 11.6 Å².